The molecule has 0 spiro atoms. The molecule has 0 aromatic heterocycles. The number of carbonyl (C=O) groups is 3. The van der Waals surface area contributed by atoms with Gasteiger partial charge in [0.05, 0.1) is 6.54 Å². The van der Waals surface area contributed by atoms with Crippen molar-refractivity contribution < 1.29 is 14.4 Å². The van der Waals surface area contributed by atoms with E-state index in [1.165, 1.54) is 0 Å². The molecular formula is C17H30N4O3. The van der Waals surface area contributed by atoms with Gasteiger partial charge in [-0.25, -0.2) is 0 Å². The van der Waals surface area contributed by atoms with Gasteiger partial charge in [0.2, 0.25) is 5.91 Å². The van der Waals surface area contributed by atoms with Crippen LogP contribution >= 0.6 is 0 Å². The largest absolute Gasteiger partial charge is 0.350 e. The Balaban J connectivity index is 1.75. The predicted octanol–water partition coefficient (Wildman–Crippen LogP) is 0.0578. The zero-order valence-electron chi connectivity index (χ0n) is 15.1. The number of nitrogens with zero attached hydrogens (tertiary/aromatic N) is 3. The molecule has 7 nitrogen and oxygen atoms in total. The van der Waals surface area contributed by atoms with Crippen LogP contribution in [0.15, 0.2) is 0 Å². The zero-order valence-corrected chi connectivity index (χ0v) is 15.1. The van der Waals surface area contributed by atoms with E-state index in [0.29, 0.717) is 45.8 Å². The summed E-state index contributed by atoms with van der Waals surface area (Å²) in [7, 11) is 0. The highest BCUT2D eigenvalue weighted by Crippen LogP contribution is 2.11. The third kappa shape index (κ3) is 4.93. The Morgan fingerprint density at radius 3 is 1.88 bits per heavy atom. The summed E-state index contributed by atoms with van der Waals surface area (Å²) in [6.07, 6.45) is 2.84. The van der Waals surface area contributed by atoms with Crippen molar-refractivity contribution in [2.24, 2.45) is 0 Å². The van der Waals surface area contributed by atoms with Crippen molar-refractivity contribution in [1.82, 2.24) is 20.0 Å². The second-order valence-electron chi connectivity index (χ2n) is 7.35. The van der Waals surface area contributed by atoms with Crippen LogP contribution in [0.25, 0.3) is 0 Å². The van der Waals surface area contributed by atoms with Crippen molar-refractivity contribution in [3.63, 3.8) is 0 Å². The summed E-state index contributed by atoms with van der Waals surface area (Å²) < 4.78 is 0. The third-order valence-corrected chi connectivity index (χ3v) is 4.96. The van der Waals surface area contributed by atoms with E-state index in [9.17, 15) is 14.4 Å². The molecule has 0 bridgehead atoms. The lowest BCUT2D eigenvalue weighted by Crippen LogP contribution is -2.55. The van der Waals surface area contributed by atoms with Gasteiger partial charge >= 0.3 is 11.8 Å². The van der Waals surface area contributed by atoms with Crippen LogP contribution in [-0.4, -0.2) is 83.8 Å². The van der Waals surface area contributed by atoms with E-state index in [-0.39, 0.29) is 17.4 Å². The fourth-order valence-corrected chi connectivity index (χ4v) is 3.01. The molecule has 0 atom stereocenters. The van der Waals surface area contributed by atoms with Crippen LogP contribution in [0, 0.1) is 0 Å². The van der Waals surface area contributed by atoms with Gasteiger partial charge in [0, 0.05) is 44.8 Å². The van der Waals surface area contributed by atoms with Crippen LogP contribution in [0.5, 0.6) is 0 Å². The van der Waals surface area contributed by atoms with Crippen LogP contribution in [0.4, 0.5) is 0 Å². The van der Waals surface area contributed by atoms with Crippen LogP contribution in [0.1, 0.15) is 40.0 Å². The van der Waals surface area contributed by atoms with E-state index >= 15 is 0 Å². The first-order valence-electron chi connectivity index (χ1n) is 8.94. The Morgan fingerprint density at radius 2 is 1.38 bits per heavy atom. The average Bonchev–Trinajstić information content (AvgIpc) is 3.08. The summed E-state index contributed by atoms with van der Waals surface area (Å²) in [5.74, 6) is -0.758. The highest BCUT2D eigenvalue weighted by Gasteiger charge is 2.31. The summed E-state index contributed by atoms with van der Waals surface area (Å²) >= 11 is 0. The number of rotatable bonds is 4. The van der Waals surface area contributed by atoms with Crippen molar-refractivity contribution >= 4 is 17.7 Å². The van der Waals surface area contributed by atoms with Crippen molar-refractivity contribution in [2.45, 2.75) is 45.6 Å². The Kier molecular flexibility index (Phi) is 6.21. The van der Waals surface area contributed by atoms with Crippen LogP contribution in [-0.2, 0) is 14.4 Å². The first-order valence-corrected chi connectivity index (χ1v) is 8.94. The number of carbonyl (C=O) groups excluding carboxylic acids is 3. The Morgan fingerprint density at radius 1 is 0.875 bits per heavy atom. The Bertz CT molecular complexity index is 478. The van der Waals surface area contributed by atoms with E-state index < -0.39 is 5.91 Å². The molecule has 136 valence electrons. The van der Waals surface area contributed by atoms with Crippen molar-refractivity contribution in [1.29, 1.82) is 0 Å². The van der Waals surface area contributed by atoms with Gasteiger partial charge in [0.1, 0.15) is 0 Å². The standard InChI is InChI=1S/C17H30N4O3/c1-4-17(2,3)18-14(22)13-19-9-11-21(12-10-19)16(24)15(23)20-7-5-6-8-20/h4-13H2,1-3H3,(H,18,22). The van der Waals surface area contributed by atoms with E-state index in [2.05, 4.69) is 5.32 Å². The molecule has 2 aliphatic rings. The van der Waals surface area contributed by atoms with Crippen molar-refractivity contribution in [3.8, 4) is 0 Å². The van der Waals surface area contributed by atoms with Gasteiger partial charge in [0.15, 0.2) is 0 Å². The van der Waals surface area contributed by atoms with Crippen LogP contribution < -0.4 is 5.32 Å². The molecular weight excluding hydrogens is 308 g/mol. The molecule has 0 saturated carbocycles. The summed E-state index contributed by atoms with van der Waals surface area (Å²) in [6, 6.07) is 0. The fraction of sp³-hybridized carbons (Fsp3) is 0.824. The number of amides is 3. The molecule has 0 unspecified atom stereocenters. The monoisotopic (exact) mass is 338 g/mol. The number of piperazine rings is 1. The molecule has 1 N–H and O–H groups in total. The molecule has 2 saturated heterocycles. The van der Waals surface area contributed by atoms with E-state index in [0.717, 1.165) is 19.3 Å². The predicted molar refractivity (Wildman–Crippen MR) is 91.3 cm³/mol. The summed E-state index contributed by atoms with van der Waals surface area (Å²) in [6.45, 7) is 10.0. The quantitative estimate of drug-likeness (QED) is 0.736. The van der Waals surface area contributed by atoms with Crippen molar-refractivity contribution in [3.05, 3.63) is 0 Å². The Labute approximate surface area is 144 Å². The van der Waals surface area contributed by atoms with Gasteiger partial charge in [-0.05, 0) is 33.1 Å². The summed E-state index contributed by atoms with van der Waals surface area (Å²) in [4.78, 5) is 41.8. The molecule has 2 aliphatic heterocycles. The second kappa shape index (κ2) is 7.96. The van der Waals surface area contributed by atoms with Gasteiger partial charge in [-0.3, -0.25) is 19.3 Å². The van der Waals surface area contributed by atoms with Gasteiger partial charge < -0.3 is 15.1 Å². The maximum absolute atomic E-state index is 12.3. The SMILES string of the molecule is CCC(C)(C)NC(=O)CN1CCN(C(=O)C(=O)N2CCCC2)CC1. The van der Waals surface area contributed by atoms with Gasteiger partial charge in [-0.1, -0.05) is 6.92 Å². The lowest BCUT2D eigenvalue weighted by atomic mass is 10.0. The lowest BCUT2D eigenvalue weighted by molar-refractivity contribution is -0.152. The zero-order chi connectivity index (χ0) is 17.7. The topological polar surface area (TPSA) is 73.0 Å². The number of hydrogen-bond donors (Lipinski definition) is 1. The summed E-state index contributed by atoms with van der Waals surface area (Å²) in [5, 5.41) is 3.02. The number of likely N-dealkylation sites (tertiary alicyclic amines) is 1. The molecule has 7 heteroatoms. The average molecular weight is 338 g/mol. The lowest BCUT2D eigenvalue weighted by Gasteiger charge is -2.35. The first kappa shape index (κ1) is 18.7. The number of hydrogen-bond acceptors (Lipinski definition) is 4. The van der Waals surface area contributed by atoms with Gasteiger partial charge in [0.25, 0.3) is 0 Å². The molecule has 0 aromatic rings. The highest BCUT2D eigenvalue weighted by molar-refractivity contribution is 6.34. The van der Waals surface area contributed by atoms with E-state index in [4.69, 9.17) is 0 Å². The normalized spacial score (nSPS) is 19.5. The Hall–Kier alpha value is -1.63. The smallest absolute Gasteiger partial charge is 0.312 e. The minimum absolute atomic E-state index is 0.00905. The molecule has 3 amide bonds. The van der Waals surface area contributed by atoms with Crippen LogP contribution in [0.2, 0.25) is 0 Å². The van der Waals surface area contributed by atoms with Gasteiger partial charge in [-0.2, -0.15) is 0 Å². The summed E-state index contributed by atoms with van der Waals surface area (Å²) in [5.41, 5.74) is -0.197. The highest BCUT2D eigenvalue weighted by atomic mass is 16.2. The van der Waals surface area contributed by atoms with Gasteiger partial charge in [-0.15, -0.1) is 0 Å². The molecule has 0 radical (unpaired) electrons. The van der Waals surface area contributed by atoms with E-state index in [1.807, 2.05) is 25.7 Å². The maximum atomic E-state index is 12.3. The molecule has 2 heterocycles. The molecule has 24 heavy (non-hydrogen) atoms. The first-order chi connectivity index (χ1) is 11.3. The van der Waals surface area contributed by atoms with E-state index in [1.54, 1.807) is 9.80 Å². The molecule has 2 rings (SSSR count). The van der Waals surface area contributed by atoms with Crippen LogP contribution in [0.3, 0.4) is 0 Å². The minimum Gasteiger partial charge on any atom is -0.350 e. The fourth-order valence-electron chi connectivity index (χ4n) is 3.01. The molecule has 2 fully saturated rings. The van der Waals surface area contributed by atoms with Crippen molar-refractivity contribution in [2.75, 3.05) is 45.8 Å². The third-order valence-electron chi connectivity index (χ3n) is 4.96. The molecule has 0 aliphatic carbocycles. The maximum Gasteiger partial charge on any atom is 0.312 e. The number of nitrogens with one attached hydrogen (secondary N) is 1. The molecule has 0 aromatic carbocycles. The minimum atomic E-state index is -0.395. The second-order valence-corrected chi connectivity index (χ2v) is 7.35.